The normalized spacial score (nSPS) is 43.9. The van der Waals surface area contributed by atoms with Crippen LogP contribution in [0.4, 0.5) is 0 Å². The summed E-state index contributed by atoms with van der Waals surface area (Å²) in [5.74, 6) is 0. The molecule has 2 fully saturated rings. The highest BCUT2D eigenvalue weighted by Gasteiger charge is 2.48. The van der Waals surface area contributed by atoms with Gasteiger partial charge in [-0.25, -0.2) is 0 Å². The molecule has 2 saturated heterocycles. The third kappa shape index (κ3) is 1.72. The summed E-state index contributed by atoms with van der Waals surface area (Å²) in [4.78, 5) is 0. The van der Waals surface area contributed by atoms with Crippen molar-refractivity contribution in [3.8, 4) is 0 Å². The number of nitrogens with one attached hydrogen (secondary N) is 2. The van der Waals surface area contributed by atoms with Crippen LogP contribution >= 0.6 is 0 Å². The minimum Gasteiger partial charge on any atom is -0.312 e. The summed E-state index contributed by atoms with van der Waals surface area (Å²) >= 11 is 0. The summed E-state index contributed by atoms with van der Waals surface area (Å²) in [5, 5.41) is 7.57. The molecular formula is C14H24N2. The Morgan fingerprint density at radius 1 is 1.31 bits per heavy atom. The Morgan fingerprint density at radius 2 is 2.25 bits per heavy atom. The predicted octanol–water partition coefficient (Wildman–Crippen LogP) is 2.22. The molecule has 2 N–H and O–H groups in total. The second-order valence-corrected chi connectivity index (χ2v) is 6.01. The molecule has 0 aromatic carbocycles. The van der Waals surface area contributed by atoms with Crippen molar-refractivity contribution in [3.05, 3.63) is 11.6 Å². The van der Waals surface area contributed by atoms with Crippen LogP contribution in [0.15, 0.2) is 11.6 Å². The van der Waals surface area contributed by atoms with E-state index in [0.717, 1.165) is 12.1 Å². The van der Waals surface area contributed by atoms with Gasteiger partial charge in [-0.2, -0.15) is 0 Å². The summed E-state index contributed by atoms with van der Waals surface area (Å²) < 4.78 is 0. The third-order valence-corrected chi connectivity index (χ3v) is 4.99. The first kappa shape index (κ1) is 10.8. The highest BCUT2D eigenvalue weighted by molar-refractivity contribution is 5.12. The van der Waals surface area contributed by atoms with Crippen molar-refractivity contribution in [2.24, 2.45) is 5.41 Å². The van der Waals surface area contributed by atoms with Crippen LogP contribution in [0.1, 0.15) is 45.4 Å². The minimum absolute atomic E-state index is 0.555. The van der Waals surface area contributed by atoms with Crippen molar-refractivity contribution >= 4 is 0 Å². The van der Waals surface area contributed by atoms with Gasteiger partial charge in [0.2, 0.25) is 0 Å². The lowest BCUT2D eigenvalue weighted by Crippen LogP contribution is -2.51. The van der Waals surface area contributed by atoms with Crippen LogP contribution in [-0.2, 0) is 0 Å². The van der Waals surface area contributed by atoms with Crippen LogP contribution < -0.4 is 10.6 Å². The zero-order valence-corrected chi connectivity index (χ0v) is 10.4. The molecule has 0 aromatic heterocycles. The van der Waals surface area contributed by atoms with E-state index in [0.29, 0.717) is 5.41 Å². The number of hydrogen-bond acceptors (Lipinski definition) is 2. The van der Waals surface area contributed by atoms with Crippen molar-refractivity contribution in [3.63, 3.8) is 0 Å². The van der Waals surface area contributed by atoms with E-state index >= 15 is 0 Å². The lowest BCUT2D eigenvalue weighted by molar-refractivity contribution is 0.184. The maximum atomic E-state index is 3.80. The van der Waals surface area contributed by atoms with Crippen LogP contribution in [0.2, 0.25) is 0 Å². The lowest BCUT2D eigenvalue weighted by Gasteiger charge is -2.39. The van der Waals surface area contributed by atoms with E-state index < -0.39 is 0 Å². The van der Waals surface area contributed by atoms with Crippen LogP contribution in [0.25, 0.3) is 0 Å². The fourth-order valence-electron chi connectivity index (χ4n) is 3.96. The largest absolute Gasteiger partial charge is 0.312 e. The average Bonchev–Trinajstić information content (AvgIpc) is 2.55. The Hall–Kier alpha value is -0.340. The van der Waals surface area contributed by atoms with Crippen molar-refractivity contribution in [2.45, 2.75) is 57.5 Å². The highest BCUT2D eigenvalue weighted by atomic mass is 15.1. The molecule has 90 valence electrons. The van der Waals surface area contributed by atoms with Gasteiger partial charge in [0, 0.05) is 24.0 Å². The summed E-state index contributed by atoms with van der Waals surface area (Å²) in [6.07, 6.45) is 10.6. The monoisotopic (exact) mass is 220 g/mol. The smallest absolute Gasteiger partial charge is 0.0289 e. The van der Waals surface area contributed by atoms with E-state index in [1.807, 2.05) is 0 Å². The fraction of sp³-hybridized carbons (Fsp3) is 0.857. The molecule has 16 heavy (non-hydrogen) atoms. The molecule has 2 nitrogen and oxygen atoms in total. The summed E-state index contributed by atoms with van der Waals surface area (Å²) in [6.45, 7) is 4.78. The molecule has 3 unspecified atom stereocenters. The van der Waals surface area contributed by atoms with Crippen molar-refractivity contribution in [1.82, 2.24) is 10.6 Å². The topological polar surface area (TPSA) is 24.1 Å². The first-order chi connectivity index (χ1) is 7.80. The van der Waals surface area contributed by atoms with Crippen LogP contribution in [0.3, 0.4) is 0 Å². The molecule has 3 rings (SSSR count). The fourth-order valence-corrected chi connectivity index (χ4v) is 3.96. The first-order valence-corrected chi connectivity index (χ1v) is 6.93. The van der Waals surface area contributed by atoms with Crippen LogP contribution in [0, 0.1) is 5.41 Å². The molecule has 3 atom stereocenters. The van der Waals surface area contributed by atoms with Gasteiger partial charge in [0.25, 0.3) is 0 Å². The van der Waals surface area contributed by atoms with Gasteiger partial charge in [-0.3, -0.25) is 0 Å². The zero-order chi connectivity index (χ0) is 11.0. The predicted molar refractivity (Wildman–Crippen MR) is 67.5 cm³/mol. The van der Waals surface area contributed by atoms with E-state index in [1.54, 1.807) is 5.57 Å². The zero-order valence-electron chi connectivity index (χ0n) is 10.4. The lowest BCUT2D eigenvalue weighted by atomic mass is 9.72. The number of allylic oxidation sites excluding steroid dienone is 2. The molecule has 0 bridgehead atoms. The first-order valence-electron chi connectivity index (χ1n) is 6.93. The van der Waals surface area contributed by atoms with Gasteiger partial charge in [0.15, 0.2) is 0 Å². The van der Waals surface area contributed by atoms with Gasteiger partial charge in [0.1, 0.15) is 0 Å². The molecular weight excluding hydrogens is 196 g/mol. The van der Waals surface area contributed by atoms with E-state index in [9.17, 15) is 0 Å². The molecule has 0 aromatic rings. The summed E-state index contributed by atoms with van der Waals surface area (Å²) in [5.41, 5.74) is 2.16. The van der Waals surface area contributed by atoms with Gasteiger partial charge < -0.3 is 10.6 Å². The molecule has 2 heterocycles. The van der Waals surface area contributed by atoms with E-state index in [2.05, 4.69) is 23.6 Å². The van der Waals surface area contributed by atoms with Gasteiger partial charge in [0.05, 0.1) is 0 Å². The average molecular weight is 220 g/mol. The van der Waals surface area contributed by atoms with Crippen LogP contribution in [-0.4, -0.2) is 25.2 Å². The number of rotatable bonds is 0. The minimum atomic E-state index is 0.555. The van der Waals surface area contributed by atoms with Gasteiger partial charge in [-0.05, 0) is 52.0 Å². The number of fused-ring (bicyclic) bond motifs is 2. The molecule has 1 aliphatic carbocycles. The molecule has 0 saturated carbocycles. The molecule has 2 heteroatoms. The standard InChI is InChI=1S/C14H24N2/c1-11-4-2-7-14(8-6-11)10-16-12-5-3-9-15-13(12)14/h4,12-13,15-16H,2-3,5-10H2,1H3. The highest BCUT2D eigenvalue weighted by Crippen LogP contribution is 2.43. The number of piperidine rings is 1. The molecule has 1 spiro atoms. The molecule has 0 radical (unpaired) electrons. The second kappa shape index (κ2) is 4.15. The quantitative estimate of drug-likeness (QED) is 0.612. The summed E-state index contributed by atoms with van der Waals surface area (Å²) in [6, 6.07) is 1.51. The van der Waals surface area contributed by atoms with E-state index in [1.165, 1.54) is 51.6 Å². The maximum Gasteiger partial charge on any atom is 0.0289 e. The summed E-state index contributed by atoms with van der Waals surface area (Å²) in [7, 11) is 0. The van der Waals surface area contributed by atoms with E-state index in [4.69, 9.17) is 0 Å². The second-order valence-electron chi connectivity index (χ2n) is 6.01. The van der Waals surface area contributed by atoms with Crippen molar-refractivity contribution < 1.29 is 0 Å². The van der Waals surface area contributed by atoms with Crippen LogP contribution in [0.5, 0.6) is 0 Å². The van der Waals surface area contributed by atoms with Gasteiger partial charge in [-0.15, -0.1) is 0 Å². The van der Waals surface area contributed by atoms with Crippen molar-refractivity contribution in [2.75, 3.05) is 13.1 Å². The Bertz CT molecular complexity index is 297. The van der Waals surface area contributed by atoms with E-state index in [-0.39, 0.29) is 0 Å². The molecule has 2 aliphatic heterocycles. The number of hydrogen-bond donors (Lipinski definition) is 2. The molecule has 3 aliphatic rings. The maximum absolute atomic E-state index is 3.80. The molecule has 0 amide bonds. The Morgan fingerprint density at radius 3 is 3.19 bits per heavy atom. The Kier molecular flexibility index (Phi) is 2.80. The Labute approximate surface area is 98.9 Å². The van der Waals surface area contributed by atoms with Crippen molar-refractivity contribution in [1.29, 1.82) is 0 Å². The third-order valence-electron chi connectivity index (χ3n) is 4.99. The van der Waals surface area contributed by atoms with Gasteiger partial charge >= 0.3 is 0 Å². The SMILES string of the molecule is CC1=CCCC2(CC1)CNC1CCCNC12. The Balaban J connectivity index is 1.78. The van der Waals surface area contributed by atoms with Gasteiger partial charge in [-0.1, -0.05) is 11.6 Å².